The number of hydrogen-bond acceptors (Lipinski definition) is 5. The predicted molar refractivity (Wildman–Crippen MR) is 79.9 cm³/mol. The maximum atomic E-state index is 12.2. The lowest BCUT2D eigenvalue weighted by Crippen LogP contribution is -2.46. The Hall–Kier alpha value is -1.53. The summed E-state index contributed by atoms with van der Waals surface area (Å²) >= 11 is 1.23. The van der Waals surface area contributed by atoms with Crippen molar-refractivity contribution in [1.29, 1.82) is 0 Å². The summed E-state index contributed by atoms with van der Waals surface area (Å²) in [6.45, 7) is 3.11. The van der Waals surface area contributed by atoms with Gasteiger partial charge < -0.3 is 9.64 Å². The van der Waals surface area contributed by atoms with Crippen molar-refractivity contribution >= 4 is 28.7 Å². The summed E-state index contributed by atoms with van der Waals surface area (Å²) in [4.78, 5) is 14.2. The molecule has 2 saturated heterocycles. The number of hydrogen-bond donors (Lipinski definition) is 0. The van der Waals surface area contributed by atoms with Gasteiger partial charge in [-0.1, -0.05) is 6.07 Å². The van der Waals surface area contributed by atoms with Crippen LogP contribution < -0.4 is 0 Å². The fourth-order valence-electron chi connectivity index (χ4n) is 3.36. The third-order valence-electron chi connectivity index (χ3n) is 4.62. The van der Waals surface area contributed by atoms with Gasteiger partial charge in [0, 0.05) is 31.5 Å². The Bertz CT molecular complexity index is 678. The van der Waals surface area contributed by atoms with Crippen LogP contribution in [0.15, 0.2) is 18.2 Å². The second kappa shape index (κ2) is 5.03. The molecule has 1 atom stereocenters. The number of nitrogens with zero attached hydrogens (tertiary/aromatic N) is 3. The highest BCUT2D eigenvalue weighted by Gasteiger charge is 2.41. The van der Waals surface area contributed by atoms with Crippen LogP contribution in [0.3, 0.4) is 0 Å². The van der Waals surface area contributed by atoms with E-state index in [9.17, 15) is 4.79 Å². The predicted octanol–water partition coefficient (Wildman–Crippen LogP) is 2.22. The molecule has 21 heavy (non-hydrogen) atoms. The molecule has 0 saturated carbocycles. The zero-order valence-electron chi connectivity index (χ0n) is 11.7. The Morgan fingerprint density at radius 1 is 1.29 bits per heavy atom. The summed E-state index contributed by atoms with van der Waals surface area (Å²) in [5.74, 6) is 0.254. The average molecular weight is 303 g/mol. The highest BCUT2D eigenvalue weighted by atomic mass is 32.1. The van der Waals surface area contributed by atoms with Crippen molar-refractivity contribution in [3.8, 4) is 0 Å². The largest absolute Gasteiger partial charge is 0.381 e. The van der Waals surface area contributed by atoms with Gasteiger partial charge in [0.15, 0.2) is 0 Å². The van der Waals surface area contributed by atoms with E-state index in [1.807, 2.05) is 23.1 Å². The number of ether oxygens (including phenoxy) is 1. The number of carbonyl (C=O) groups is 1. The first-order valence-electron chi connectivity index (χ1n) is 7.31. The fourth-order valence-corrected chi connectivity index (χ4v) is 3.88. The molecule has 2 aromatic rings. The van der Waals surface area contributed by atoms with Gasteiger partial charge in [0.2, 0.25) is 5.91 Å². The molecule has 2 fully saturated rings. The normalized spacial score (nSPS) is 26.1. The zero-order valence-corrected chi connectivity index (χ0v) is 12.6. The zero-order chi connectivity index (χ0) is 14.3. The van der Waals surface area contributed by atoms with Crippen molar-refractivity contribution in [2.75, 3.05) is 19.8 Å². The molecule has 1 amide bonds. The number of fused-ring (bicyclic) bond motifs is 1. The van der Waals surface area contributed by atoms with E-state index in [1.165, 1.54) is 11.7 Å². The molecule has 1 spiro atoms. The van der Waals surface area contributed by atoms with Crippen molar-refractivity contribution in [3.05, 3.63) is 23.8 Å². The van der Waals surface area contributed by atoms with Gasteiger partial charge in [0.25, 0.3) is 0 Å². The molecule has 0 aliphatic carbocycles. The molecule has 0 bridgehead atoms. The minimum absolute atomic E-state index is 0.195. The lowest BCUT2D eigenvalue weighted by atomic mass is 9.79. The molecule has 110 valence electrons. The molecule has 4 rings (SSSR count). The molecule has 5 nitrogen and oxygen atoms in total. The molecule has 0 radical (unpaired) electrons. The number of aromatic nitrogens is 2. The third-order valence-corrected chi connectivity index (χ3v) is 5.18. The molecule has 6 heteroatoms. The summed E-state index contributed by atoms with van der Waals surface area (Å²) in [6.07, 6.45) is 2.69. The Kier molecular flexibility index (Phi) is 3.15. The summed E-state index contributed by atoms with van der Waals surface area (Å²) in [7, 11) is 0. The minimum atomic E-state index is 0.195. The van der Waals surface area contributed by atoms with Crippen molar-refractivity contribution in [3.63, 3.8) is 0 Å². The van der Waals surface area contributed by atoms with Crippen molar-refractivity contribution < 1.29 is 9.53 Å². The molecular weight excluding hydrogens is 286 g/mol. The summed E-state index contributed by atoms with van der Waals surface area (Å²) in [5.41, 5.74) is 3.16. The Labute approximate surface area is 127 Å². The van der Waals surface area contributed by atoms with Crippen LogP contribution in [0.4, 0.5) is 0 Å². The van der Waals surface area contributed by atoms with Crippen LogP contribution in [0, 0.1) is 5.41 Å². The van der Waals surface area contributed by atoms with E-state index in [0.717, 1.165) is 49.2 Å². The van der Waals surface area contributed by atoms with Gasteiger partial charge in [-0.25, -0.2) is 0 Å². The Morgan fingerprint density at radius 2 is 2.19 bits per heavy atom. The smallest absolute Gasteiger partial charge is 0.222 e. The monoisotopic (exact) mass is 303 g/mol. The summed E-state index contributed by atoms with van der Waals surface area (Å²) in [5, 5.41) is 0. The average Bonchev–Trinajstić information content (AvgIpc) is 3.12. The van der Waals surface area contributed by atoms with E-state index in [1.54, 1.807) is 0 Å². The highest BCUT2D eigenvalue weighted by molar-refractivity contribution is 7.00. The van der Waals surface area contributed by atoms with E-state index in [2.05, 4.69) is 8.75 Å². The second-order valence-electron chi connectivity index (χ2n) is 6.14. The van der Waals surface area contributed by atoms with Gasteiger partial charge >= 0.3 is 0 Å². The molecule has 3 heterocycles. The Morgan fingerprint density at radius 3 is 3.05 bits per heavy atom. The molecular formula is C15H17N3O2S. The topological polar surface area (TPSA) is 55.3 Å². The molecule has 1 aromatic heterocycles. The van der Waals surface area contributed by atoms with Gasteiger partial charge in [-0.05, 0) is 30.5 Å². The van der Waals surface area contributed by atoms with Crippen LogP contribution in [-0.2, 0) is 16.1 Å². The van der Waals surface area contributed by atoms with Gasteiger partial charge in [-0.15, -0.1) is 0 Å². The van der Waals surface area contributed by atoms with E-state index in [4.69, 9.17) is 4.74 Å². The maximum Gasteiger partial charge on any atom is 0.222 e. The highest BCUT2D eigenvalue weighted by Crippen LogP contribution is 2.38. The second-order valence-corrected chi connectivity index (χ2v) is 6.67. The first-order valence-corrected chi connectivity index (χ1v) is 8.04. The number of rotatable bonds is 2. The number of amides is 1. The Balaban J connectivity index is 1.55. The molecule has 2 aliphatic heterocycles. The van der Waals surface area contributed by atoms with E-state index in [-0.39, 0.29) is 11.3 Å². The van der Waals surface area contributed by atoms with Crippen LogP contribution in [0.5, 0.6) is 0 Å². The lowest BCUT2D eigenvalue weighted by Gasteiger charge is -2.39. The van der Waals surface area contributed by atoms with Gasteiger partial charge in [0.05, 0.1) is 18.3 Å². The quantitative estimate of drug-likeness (QED) is 0.853. The van der Waals surface area contributed by atoms with Crippen LogP contribution in [0.25, 0.3) is 11.0 Å². The first-order chi connectivity index (χ1) is 10.2. The van der Waals surface area contributed by atoms with Gasteiger partial charge in [-0.3, -0.25) is 4.79 Å². The van der Waals surface area contributed by atoms with Crippen molar-refractivity contribution in [1.82, 2.24) is 13.6 Å². The minimum Gasteiger partial charge on any atom is -0.381 e. The molecule has 0 N–H and O–H groups in total. The van der Waals surface area contributed by atoms with Crippen molar-refractivity contribution in [2.24, 2.45) is 5.41 Å². The number of benzene rings is 1. The van der Waals surface area contributed by atoms with Crippen LogP contribution >= 0.6 is 11.7 Å². The van der Waals surface area contributed by atoms with Crippen LogP contribution in [-0.4, -0.2) is 39.3 Å². The van der Waals surface area contributed by atoms with E-state index in [0.29, 0.717) is 13.0 Å². The summed E-state index contributed by atoms with van der Waals surface area (Å²) in [6, 6.07) is 6.07. The van der Waals surface area contributed by atoms with Gasteiger partial charge in [-0.2, -0.15) is 8.75 Å². The number of piperidine rings is 1. The van der Waals surface area contributed by atoms with E-state index < -0.39 is 0 Å². The van der Waals surface area contributed by atoms with Gasteiger partial charge in [0.1, 0.15) is 11.0 Å². The number of likely N-dealkylation sites (tertiary alicyclic amines) is 1. The van der Waals surface area contributed by atoms with Crippen LogP contribution in [0.1, 0.15) is 24.8 Å². The summed E-state index contributed by atoms with van der Waals surface area (Å²) < 4.78 is 14.0. The fraction of sp³-hybridized carbons (Fsp3) is 0.533. The molecule has 1 aromatic carbocycles. The molecule has 0 unspecified atom stereocenters. The lowest BCUT2D eigenvalue weighted by molar-refractivity contribution is -0.138. The van der Waals surface area contributed by atoms with Crippen molar-refractivity contribution in [2.45, 2.75) is 25.8 Å². The standard InChI is InChI=1S/C15H17N3O2S/c19-14-3-4-15(5-6-20-10-15)9-18(14)8-11-1-2-12-13(7-11)17-21-16-12/h1-2,7H,3-6,8-10H2/t15-/m0/s1. The SMILES string of the molecule is O=C1CC[C@]2(CCOC2)CN1Cc1ccc2nsnc2c1. The first kappa shape index (κ1) is 13.2. The third kappa shape index (κ3) is 2.42. The van der Waals surface area contributed by atoms with Crippen LogP contribution in [0.2, 0.25) is 0 Å². The van der Waals surface area contributed by atoms with E-state index >= 15 is 0 Å². The molecule has 2 aliphatic rings. The number of carbonyl (C=O) groups excluding carboxylic acids is 1. The maximum absolute atomic E-state index is 12.2.